The second kappa shape index (κ2) is 13.8. The number of carbonyl (C=O) groups excluding carboxylic acids is 3. The zero-order valence-electron chi connectivity index (χ0n) is 23.4. The number of aromatic nitrogens is 3. The lowest BCUT2D eigenvalue weighted by Gasteiger charge is -2.16. The van der Waals surface area contributed by atoms with Gasteiger partial charge in [-0.15, -0.1) is 11.3 Å². The third kappa shape index (κ3) is 7.28. The minimum Gasteiger partial charge on any atom is -0.382 e. The highest BCUT2D eigenvalue weighted by molar-refractivity contribution is 7.14. The molecule has 2 aromatic heterocycles. The number of allylic oxidation sites excluding steroid dienone is 1. The molecule has 1 fully saturated rings. The molecule has 0 radical (unpaired) electrons. The molecule has 11 heteroatoms. The SMILES string of the molecule is C/C=C\c1ccc(-c2csc(NC(=O)C(COC)NC(=O)c3ccn(C4(C#N)CC4)n3)n2)cc1C(C)=O.CCC. The van der Waals surface area contributed by atoms with Gasteiger partial charge in [0.15, 0.2) is 10.9 Å². The lowest BCUT2D eigenvalue weighted by atomic mass is 9.99. The number of thiazole rings is 1. The summed E-state index contributed by atoms with van der Waals surface area (Å²) in [6.07, 6.45) is 7.96. The van der Waals surface area contributed by atoms with E-state index in [2.05, 4.69) is 40.6 Å². The van der Waals surface area contributed by atoms with Crippen molar-refractivity contribution in [3.05, 3.63) is 58.7 Å². The molecule has 1 atom stereocenters. The van der Waals surface area contributed by atoms with Gasteiger partial charge in [0, 0.05) is 29.8 Å². The molecule has 1 aromatic carbocycles. The van der Waals surface area contributed by atoms with Crippen LogP contribution in [0.3, 0.4) is 0 Å². The van der Waals surface area contributed by atoms with E-state index in [4.69, 9.17) is 4.74 Å². The third-order valence-electron chi connectivity index (χ3n) is 5.96. The Balaban J connectivity index is 0.00000141. The summed E-state index contributed by atoms with van der Waals surface area (Å²) in [5.74, 6) is -1.11. The van der Waals surface area contributed by atoms with Crippen molar-refractivity contribution in [2.75, 3.05) is 19.0 Å². The Morgan fingerprint density at radius 1 is 1.27 bits per heavy atom. The van der Waals surface area contributed by atoms with Crippen molar-refractivity contribution < 1.29 is 19.1 Å². The number of amides is 2. The number of nitrogens with zero attached hydrogens (tertiary/aromatic N) is 4. The monoisotopic (exact) mass is 562 g/mol. The summed E-state index contributed by atoms with van der Waals surface area (Å²) in [7, 11) is 1.43. The zero-order valence-corrected chi connectivity index (χ0v) is 24.2. The molecule has 3 aromatic rings. The van der Waals surface area contributed by atoms with Crippen LogP contribution in [-0.4, -0.2) is 52.1 Å². The van der Waals surface area contributed by atoms with Gasteiger partial charge < -0.3 is 15.4 Å². The van der Waals surface area contributed by atoms with E-state index in [0.29, 0.717) is 29.2 Å². The van der Waals surface area contributed by atoms with Crippen molar-refractivity contribution >= 4 is 40.1 Å². The van der Waals surface area contributed by atoms with Gasteiger partial charge in [0.2, 0.25) is 0 Å². The van der Waals surface area contributed by atoms with Gasteiger partial charge in [-0.3, -0.25) is 19.1 Å². The van der Waals surface area contributed by atoms with Crippen LogP contribution in [0, 0.1) is 11.3 Å². The van der Waals surface area contributed by atoms with E-state index in [1.165, 1.54) is 42.5 Å². The summed E-state index contributed by atoms with van der Waals surface area (Å²) in [5, 5.41) is 21.0. The fourth-order valence-electron chi connectivity index (χ4n) is 3.78. The van der Waals surface area contributed by atoms with Gasteiger partial charge in [-0.2, -0.15) is 10.4 Å². The highest BCUT2D eigenvalue weighted by Crippen LogP contribution is 2.42. The average molecular weight is 563 g/mol. The summed E-state index contributed by atoms with van der Waals surface area (Å²) in [5.41, 5.74) is 2.20. The van der Waals surface area contributed by atoms with Crippen LogP contribution in [0.2, 0.25) is 0 Å². The zero-order chi connectivity index (χ0) is 29.3. The maximum absolute atomic E-state index is 12.9. The smallest absolute Gasteiger partial charge is 0.272 e. The number of nitrogens with one attached hydrogen (secondary N) is 2. The van der Waals surface area contributed by atoms with Crippen molar-refractivity contribution in [1.82, 2.24) is 20.1 Å². The molecule has 0 spiro atoms. The predicted octanol–water partition coefficient (Wildman–Crippen LogP) is 5.05. The number of ketones is 1. The summed E-state index contributed by atoms with van der Waals surface area (Å²) < 4.78 is 6.62. The summed E-state index contributed by atoms with van der Waals surface area (Å²) in [6, 6.07) is 8.24. The lowest BCUT2D eigenvalue weighted by molar-refractivity contribution is -0.119. The van der Waals surface area contributed by atoms with Crippen molar-refractivity contribution in [1.29, 1.82) is 5.26 Å². The molecule has 210 valence electrons. The molecule has 2 amide bonds. The molecule has 0 bridgehead atoms. The molecule has 2 N–H and O–H groups in total. The van der Waals surface area contributed by atoms with E-state index in [0.717, 1.165) is 11.1 Å². The summed E-state index contributed by atoms with van der Waals surface area (Å²) >= 11 is 1.23. The quantitative estimate of drug-likeness (QED) is 0.330. The number of ether oxygens (including phenoxy) is 1. The first kappa shape index (κ1) is 30.4. The van der Waals surface area contributed by atoms with Crippen LogP contribution in [0.4, 0.5) is 5.13 Å². The Kier molecular flexibility index (Phi) is 10.5. The van der Waals surface area contributed by atoms with Crippen LogP contribution in [-0.2, 0) is 15.1 Å². The second-order valence-electron chi connectivity index (χ2n) is 9.36. The molecule has 0 aliphatic heterocycles. The molecular formula is C29H34N6O4S. The van der Waals surface area contributed by atoms with Crippen LogP contribution in [0.25, 0.3) is 17.3 Å². The Hall–Kier alpha value is -4.14. The second-order valence-corrected chi connectivity index (χ2v) is 10.2. The largest absolute Gasteiger partial charge is 0.382 e. The predicted molar refractivity (Wildman–Crippen MR) is 155 cm³/mol. The van der Waals surface area contributed by atoms with Gasteiger partial charge >= 0.3 is 0 Å². The van der Waals surface area contributed by atoms with Crippen LogP contribution in [0.1, 0.15) is 73.4 Å². The Labute approximate surface area is 238 Å². The van der Waals surface area contributed by atoms with Crippen LogP contribution >= 0.6 is 11.3 Å². The number of methoxy groups -OCH3 is 1. The minimum absolute atomic E-state index is 0.0541. The lowest BCUT2D eigenvalue weighted by Crippen LogP contribution is -2.46. The molecule has 1 aliphatic carbocycles. The molecule has 1 aliphatic rings. The maximum atomic E-state index is 12.9. The molecule has 0 saturated heterocycles. The maximum Gasteiger partial charge on any atom is 0.272 e. The van der Waals surface area contributed by atoms with Crippen molar-refractivity contribution in [2.45, 2.75) is 58.5 Å². The standard InChI is InChI=1S/C26H26N6O4S.C3H8/c1-4-5-17-6-7-18(12-19(17)16(2)33)22-14-37-25(29-22)30-24(35)21(13-36-3)28-23(34)20-8-11-32(31-20)26(15-27)9-10-26;1-3-2/h4-8,11-12,14,21H,9-10,13H2,1-3H3,(H,28,34)(H,29,30,35);3H2,1-2H3/b5-4-;. The number of hydrogen-bond donors (Lipinski definition) is 2. The summed E-state index contributed by atoms with van der Waals surface area (Å²) in [6.45, 7) is 7.59. The topological polar surface area (TPSA) is 139 Å². The number of nitriles is 1. The van der Waals surface area contributed by atoms with E-state index >= 15 is 0 Å². The fourth-order valence-corrected chi connectivity index (χ4v) is 4.50. The van der Waals surface area contributed by atoms with Crippen molar-refractivity contribution in [3.8, 4) is 17.3 Å². The molecule has 40 heavy (non-hydrogen) atoms. The van der Waals surface area contributed by atoms with Gasteiger partial charge in [0.05, 0.1) is 18.4 Å². The van der Waals surface area contributed by atoms with Gasteiger partial charge in [-0.05, 0) is 44.4 Å². The van der Waals surface area contributed by atoms with Crippen molar-refractivity contribution in [2.24, 2.45) is 0 Å². The minimum atomic E-state index is -0.995. The van der Waals surface area contributed by atoms with E-state index in [1.54, 1.807) is 17.6 Å². The Morgan fingerprint density at radius 2 is 2.00 bits per heavy atom. The Bertz CT molecular complexity index is 1430. The van der Waals surface area contributed by atoms with E-state index in [1.807, 2.05) is 31.2 Å². The van der Waals surface area contributed by atoms with Gasteiger partial charge in [0.25, 0.3) is 11.8 Å². The van der Waals surface area contributed by atoms with Crippen LogP contribution < -0.4 is 10.6 Å². The van der Waals surface area contributed by atoms with Gasteiger partial charge in [0.1, 0.15) is 17.3 Å². The number of rotatable bonds is 10. The van der Waals surface area contributed by atoms with Crippen LogP contribution in [0.15, 0.2) is 41.9 Å². The number of carbonyl (C=O) groups is 3. The van der Waals surface area contributed by atoms with Crippen molar-refractivity contribution in [3.63, 3.8) is 0 Å². The first-order valence-electron chi connectivity index (χ1n) is 13.0. The molecule has 2 heterocycles. The normalized spacial score (nSPS) is 14.0. The van der Waals surface area contributed by atoms with Gasteiger partial charge in [-0.25, -0.2) is 4.98 Å². The first-order valence-corrected chi connectivity index (χ1v) is 13.9. The molecular weight excluding hydrogens is 528 g/mol. The highest BCUT2D eigenvalue weighted by Gasteiger charge is 2.46. The van der Waals surface area contributed by atoms with E-state index in [-0.39, 0.29) is 18.1 Å². The third-order valence-corrected chi connectivity index (χ3v) is 6.71. The number of anilines is 1. The van der Waals surface area contributed by atoms with Crippen LogP contribution in [0.5, 0.6) is 0 Å². The van der Waals surface area contributed by atoms with Gasteiger partial charge in [-0.1, -0.05) is 44.6 Å². The van der Waals surface area contributed by atoms with E-state index in [9.17, 15) is 19.6 Å². The summed E-state index contributed by atoms with van der Waals surface area (Å²) in [4.78, 5) is 42.2. The fraction of sp³-hybridized carbons (Fsp3) is 0.379. The number of hydrogen-bond acceptors (Lipinski definition) is 8. The van der Waals surface area contributed by atoms with E-state index < -0.39 is 23.4 Å². The highest BCUT2D eigenvalue weighted by atomic mass is 32.1. The molecule has 4 rings (SSSR count). The Morgan fingerprint density at radius 3 is 2.60 bits per heavy atom. The number of Topliss-reactive ketones (excluding diaryl/α,β-unsaturated/α-hetero) is 1. The average Bonchev–Trinajstić information content (AvgIpc) is 3.32. The molecule has 1 unspecified atom stereocenters. The molecule has 1 saturated carbocycles. The first-order chi connectivity index (χ1) is 19.2. The number of benzene rings is 1. The molecule has 10 nitrogen and oxygen atoms in total.